The Morgan fingerprint density at radius 1 is 1.24 bits per heavy atom. The molecule has 5 heteroatoms. The van der Waals surface area contributed by atoms with Crippen molar-refractivity contribution >= 4 is 23.4 Å². The second-order valence-corrected chi connectivity index (χ2v) is 4.98. The molecular weight excluding hydrogens is 240 g/mol. The van der Waals surface area contributed by atoms with Crippen molar-refractivity contribution in [3.05, 3.63) is 0 Å². The molecule has 17 heavy (non-hydrogen) atoms. The summed E-state index contributed by atoms with van der Waals surface area (Å²) in [7, 11) is 0. The van der Waals surface area contributed by atoms with Crippen LogP contribution in [0.5, 0.6) is 0 Å². The van der Waals surface area contributed by atoms with Gasteiger partial charge in [-0.15, -0.1) is 11.6 Å². The molecule has 1 saturated heterocycles. The van der Waals surface area contributed by atoms with E-state index in [4.69, 9.17) is 11.6 Å². The fourth-order valence-corrected chi connectivity index (χ4v) is 2.02. The molecule has 1 N–H and O–H groups in total. The van der Waals surface area contributed by atoms with Gasteiger partial charge in [-0.2, -0.15) is 0 Å². The van der Waals surface area contributed by atoms with Gasteiger partial charge in [0.05, 0.1) is 0 Å². The first kappa shape index (κ1) is 14.3. The summed E-state index contributed by atoms with van der Waals surface area (Å²) in [6.45, 7) is 5.10. The Bertz CT molecular complexity index is 278. The molecule has 1 fully saturated rings. The number of amides is 2. The van der Waals surface area contributed by atoms with Crippen LogP contribution in [-0.4, -0.2) is 41.7 Å². The number of rotatable bonds is 4. The van der Waals surface area contributed by atoms with Gasteiger partial charge >= 0.3 is 0 Å². The number of halogens is 1. The van der Waals surface area contributed by atoms with Crippen LogP contribution in [0.15, 0.2) is 0 Å². The van der Waals surface area contributed by atoms with Gasteiger partial charge in [-0.3, -0.25) is 9.59 Å². The fourth-order valence-electron chi connectivity index (χ4n) is 1.88. The first-order chi connectivity index (χ1) is 8.06. The molecule has 1 rings (SSSR count). The van der Waals surface area contributed by atoms with Crippen LogP contribution in [0, 0.1) is 5.92 Å². The van der Waals surface area contributed by atoms with Gasteiger partial charge in [0.25, 0.3) is 0 Å². The van der Waals surface area contributed by atoms with Crippen LogP contribution in [0.3, 0.4) is 0 Å². The van der Waals surface area contributed by atoms with Crippen LogP contribution in [0.25, 0.3) is 0 Å². The van der Waals surface area contributed by atoms with E-state index in [1.807, 2.05) is 4.90 Å². The minimum atomic E-state index is -0.453. The van der Waals surface area contributed by atoms with Crippen LogP contribution >= 0.6 is 11.6 Å². The maximum absolute atomic E-state index is 12.0. The fraction of sp³-hybridized carbons (Fsp3) is 0.833. The van der Waals surface area contributed by atoms with Crippen molar-refractivity contribution in [1.82, 2.24) is 10.2 Å². The standard InChI is InChI=1S/C12H21ClN2O2/c1-9(8-13)11(16)14-10(2)12(17)15-6-4-3-5-7-15/h9-10H,3-8H2,1-2H3,(H,14,16). The number of carbonyl (C=O) groups is 2. The number of hydrogen-bond acceptors (Lipinski definition) is 2. The zero-order chi connectivity index (χ0) is 12.8. The largest absolute Gasteiger partial charge is 0.344 e. The highest BCUT2D eigenvalue weighted by molar-refractivity contribution is 6.19. The molecule has 2 atom stereocenters. The van der Waals surface area contributed by atoms with Crippen LogP contribution in [0.2, 0.25) is 0 Å². The Labute approximate surface area is 108 Å². The summed E-state index contributed by atoms with van der Waals surface area (Å²) >= 11 is 5.60. The summed E-state index contributed by atoms with van der Waals surface area (Å²) < 4.78 is 0. The maximum atomic E-state index is 12.0. The zero-order valence-corrected chi connectivity index (χ0v) is 11.3. The molecule has 0 aromatic rings. The number of nitrogens with zero attached hydrogens (tertiary/aromatic N) is 1. The Hall–Kier alpha value is -0.770. The van der Waals surface area contributed by atoms with E-state index in [0.29, 0.717) is 0 Å². The molecule has 0 radical (unpaired) electrons. The van der Waals surface area contributed by atoms with E-state index in [-0.39, 0.29) is 23.6 Å². The molecule has 1 heterocycles. The van der Waals surface area contributed by atoms with E-state index in [2.05, 4.69) is 5.32 Å². The molecular formula is C12H21ClN2O2. The summed E-state index contributed by atoms with van der Waals surface area (Å²) in [6, 6.07) is -0.453. The summed E-state index contributed by atoms with van der Waals surface area (Å²) in [5.41, 5.74) is 0. The summed E-state index contributed by atoms with van der Waals surface area (Å²) in [6.07, 6.45) is 3.31. The lowest BCUT2D eigenvalue weighted by Gasteiger charge is -2.29. The van der Waals surface area contributed by atoms with E-state index < -0.39 is 6.04 Å². The van der Waals surface area contributed by atoms with Crippen molar-refractivity contribution in [3.8, 4) is 0 Å². The normalized spacial score (nSPS) is 19.6. The minimum Gasteiger partial charge on any atom is -0.344 e. The Morgan fingerprint density at radius 2 is 1.82 bits per heavy atom. The Kier molecular flexibility index (Phi) is 5.75. The van der Waals surface area contributed by atoms with Crippen LogP contribution in [0.1, 0.15) is 33.1 Å². The van der Waals surface area contributed by atoms with Crippen molar-refractivity contribution < 1.29 is 9.59 Å². The number of piperidine rings is 1. The molecule has 1 aliphatic heterocycles. The van der Waals surface area contributed by atoms with Crippen LogP contribution in [-0.2, 0) is 9.59 Å². The third-order valence-electron chi connectivity index (χ3n) is 3.08. The van der Waals surface area contributed by atoms with Crippen molar-refractivity contribution in [1.29, 1.82) is 0 Å². The molecule has 4 nitrogen and oxygen atoms in total. The van der Waals surface area contributed by atoms with E-state index in [9.17, 15) is 9.59 Å². The van der Waals surface area contributed by atoms with Gasteiger partial charge in [-0.25, -0.2) is 0 Å². The number of hydrogen-bond donors (Lipinski definition) is 1. The van der Waals surface area contributed by atoms with Gasteiger partial charge in [0.1, 0.15) is 6.04 Å². The van der Waals surface area contributed by atoms with Gasteiger partial charge in [0, 0.05) is 24.9 Å². The highest BCUT2D eigenvalue weighted by atomic mass is 35.5. The predicted octanol–water partition coefficient (Wildman–Crippen LogP) is 1.38. The van der Waals surface area contributed by atoms with Gasteiger partial charge in [0.2, 0.25) is 11.8 Å². The molecule has 0 bridgehead atoms. The van der Waals surface area contributed by atoms with Gasteiger partial charge in [0.15, 0.2) is 0 Å². The van der Waals surface area contributed by atoms with Crippen LogP contribution < -0.4 is 5.32 Å². The summed E-state index contributed by atoms with van der Waals surface area (Å²) in [5, 5.41) is 2.71. The van der Waals surface area contributed by atoms with Gasteiger partial charge in [-0.1, -0.05) is 6.92 Å². The molecule has 2 unspecified atom stereocenters. The lowest BCUT2D eigenvalue weighted by Crippen LogP contribution is -2.49. The van der Waals surface area contributed by atoms with Gasteiger partial charge < -0.3 is 10.2 Å². The van der Waals surface area contributed by atoms with E-state index in [0.717, 1.165) is 25.9 Å². The first-order valence-corrected chi connectivity index (χ1v) is 6.75. The highest BCUT2D eigenvalue weighted by Gasteiger charge is 2.24. The zero-order valence-electron chi connectivity index (χ0n) is 10.5. The second kappa shape index (κ2) is 6.84. The minimum absolute atomic E-state index is 0.0137. The topological polar surface area (TPSA) is 49.4 Å². The molecule has 2 amide bonds. The van der Waals surface area contributed by atoms with E-state index in [1.165, 1.54) is 6.42 Å². The average molecular weight is 261 g/mol. The molecule has 0 saturated carbocycles. The quantitative estimate of drug-likeness (QED) is 0.777. The molecule has 98 valence electrons. The number of likely N-dealkylation sites (tertiary alicyclic amines) is 1. The molecule has 0 aromatic heterocycles. The maximum Gasteiger partial charge on any atom is 0.244 e. The molecule has 0 aliphatic carbocycles. The van der Waals surface area contributed by atoms with Crippen molar-refractivity contribution in [2.24, 2.45) is 5.92 Å². The second-order valence-electron chi connectivity index (χ2n) is 4.67. The van der Waals surface area contributed by atoms with E-state index in [1.54, 1.807) is 13.8 Å². The molecule has 0 aromatic carbocycles. The predicted molar refractivity (Wildman–Crippen MR) is 67.9 cm³/mol. The third-order valence-corrected chi connectivity index (χ3v) is 3.54. The lowest BCUT2D eigenvalue weighted by molar-refractivity contribution is -0.137. The molecule has 0 spiro atoms. The highest BCUT2D eigenvalue weighted by Crippen LogP contribution is 2.10. The van der Waals surface area contributed by atoms with Crippen molar-refractivity contribution in [2.75, 3.05) is 19.0 Å². The smallest absolute Gasteiger partial charge is 0.244 e. The summed E-state index contributed by atoms with van der Waals surface area (Å²) in [4.78, 5) is 25.5. The van der Waals surface area contributed by atoms with E-state index >= 15 is 0 Å². The average Bonchev–Trinajstić information content (AvgIpc) is 2.37. The number of carbonyl (C=O) groups excluding carboxylic acids is 2. The SMILES string of the molecule is CC(CCl)C(=O)NC(C)C(=O)N1CCCCC1. The Balaban J connectivity index is 2.43. The van der Waals surface area contributed by atoms with Gasteiger partial charge in [-0.05, 0) is 26.2 Å². The van der Waals surface area contributed by atoms with Crippen LogP contribution in [0.4, 0.5) is 0 Å². The number of nitrogens with one attached hydrogen (secondary N) is 1. The van der Waals surface area contributed by atoms with Crippen molar-refractivity contribution in [2.45, 2.75) is 39.2 Å². The Morgan fingerprint density at radius 3 is 2.35 bits per heavy atom. The number of alkyl halides is 1. The third kappa shape index (κ3) is 4.19. The molecule has 1 aliphatic rings. The summed E-state index contributed by atoms with van der Waals surface area (Å²) in [5.74, 6) is -0.123. The first-order valence-electron chi connectivity index (χ1n) is 6.21. The lowest BCUT2D eigenvalue weighted by atomic mass is 10.1. The van der Waals surface area contributed by atoms with Crippen molar-refractivity contribution in [3.63, 3.8) is 0 Å². The monoisotopic (exact) mass is 260 g/mol.